The summed E-state index contributed by atoms with van der Waals surface area (Å²) < 4.78 is 2.08. The average molecular weight is 437 g/mol. The molecule has 0 saturated carbocycles. The molecule has 0 spiro atoms. The first-order valence-corrected chi connectivity index (χ1v) is 10.9. The van der Waals surface area contributed by atoms with Crippen molar-refractivity contribution in [3.63, 3.8) is 0 Å². The molecular weight excluding hydrogens is 408 g/mol. The van der Waals surface area contributed by atoms with Gasteiger partial charge in [0.05, 0.1) is 11.3 Å². The third-order valence-corrected chi connectivity index (χ3v) is 6.26. The van der Waals surface area contributed by atoms with Crippen LogP contribution in [0.5, 0.6) is 0 Å². The van der Waals surface area contributed by atoms with Crippen LogP contribution < -0.4 is 0 Å². The van der Waals surface area contributed by atoms with Crippen molar-refractivity contribution in [2.24, 2.45) is 0 Å². The molecule has 2 saturated heterocycles. The highest BCUT2D eigenvalue weighted by Gasteiger charge is 2.33. The van der Waals surface area contributed by atoms with E-state index in [1.807, 2.05) is 51.1 Å². The molecule has 168 valence electrons. The molecule has 8 heteroatoms. The Morgan fingerprint density at radius 3 is 1.97 bits per heavy atom. The predicted molar refractivity (Wildman–Crippen MR) is 118 cm³/mol. The number of likely N-dealkylation sites (tertiary alicyclic amines) is 1. The number of carbonyl (C=O) groups excluding carboxylic acids is 4. The lowest BCUT2D eigenvalue weighted by molar-refractivity contribution is -0.146. The summed E-state index contributed by atoms with van der Waals surface area (Å²) >= 11 is 0. The van der Waals surface area contributed by atoms with E-state index < -0.39 is 0 Å². The number of carbonyl (C=O) groups is 4. The van der Waals surface area contributed by atoms with Gasteiger partial charge in [-0.2, -0.15) is 0 Å². The van der Waals surface area contributed by atoms with Crippen LogP contribution in [-0.2, 0) is 14.4 Å². The zero-order chi connectivity index (χ0) is 23.0. The van der Waals surface area contributed by atoms with E-state index in [2.05, 4.69) is 4.57 Å². The van der Waals surface area contributed by atoms with Gasteiger partial charge in [-0.05, 0) is 45.0 Å². The smallest absolute Gasteiger partial charge is 0.256 e. The minimum Gasteiger partial charge on any atom is -0.338 e. The van der Waals surface area contributed by atoms with Gasteiger partial charge in [-0.15, -0.1) is 0 Å². The highest BCUT2D eigenvalue weighted by Crippen LogP contribution is 2.23. The van der Waals surface area contributed by atoms with Crippen molar-refractivity contribution in [1.29, 1.82) is 0 Å². The van der Waals surface area contributed by atoms with Crippen molar-refractivity contribution in [3.05, 3.63) is 52.8 Å². The lowest BCUT2D eigenvalue weighted by atomic mass is 10.1. The summed E-state index contributed by atoms with van der Waals surface area (Å²) in [6, 6.07) is 9.96. The fourth-order valence-corrected chi connectivity index (χ4v) is 4.43. The molecule has 1 aromatic carbocycles. The summed E-state index contributed by atoms with van der Waals surface area (Å²) in [6.45, 7) is 7.36. The Morgan fingerprint density at radius 1 is 0.812 bits per heavy atom. The highest BCUT2D eigenvalue weighted by molar-refractivity contribution is 6.04. The summed E-state index contributed by atoms with van der Waals surface area (Å²) in [5.74, 6) is -0.900. The van der Waals surface area contributed by atoms with Gasteiger partial charge >= 0.3 is 0 Å². The van der Waals surface area contributed by atoms with Gasteiger partial charge in [-0.1, -0.05) is 11.6 Å². The normalized spacial score (nSPS) is 16.8. The maximum absolute atomic E-state index is 13.4. The molecule has 2 fully saturated rings. The topological polar surface area (TPSA) is 82.9 Å². The van der Waals surface area contributed by atoms with Gasteiger partial charge < -0.3 is 14.4 Å². The van der Waals surface area contributed by atoms with Crippen LogP contribution in [0.15, 0.2) is 30.3 Å². The number of hydrogen-bond acceptors (Lipinski definition) is 4. The number of imide groups is 1. The lowest BCUT2D eigenvalue weighted by Crippen LogP contribution is -2.53. The molecule has 32 heavy (non-hydrogen) atoms. The van der Waals surface area contributed by atoms with Gasteiger partial charge in [0.25, 0.3) is 5.91 Å². The molecule has 2 aliphatic heterocycles. The molecule has 0 radical (unpaired) electrons. The van der Waals surface area contributed by atoms with Crippen LogP contribution in [0, 0.1) is 20.8 Å². The maximum Gasteiger partial charge on any atom is 0.256 e. The number of rotatable bonds is 4. The molecule has 8 nitrogen and oxygen atoms in total. The number of nitrogens with zero attached hydrogens (tertiary/aromatic N) is 4. The Balaban J connectivity index is 1.46. The Morgan fingerprint density at radius 2 is 1.38 bits per heavy atom. The maximum atomic E-state index is 13.4. The van der Waals surface area contributed by atoms with Crippen molar-refractivity contribution in [2.75, 3.05) is 32.7 Å². The third-order valence-electron chi connectivity index (χ3n) is 6.26. The quantitative estimate of drug-likeness (QED) is 0.685. The molecule has 0 unspecified atom stereocenters. The molecule has 1 aromatic heterocycles. The minimum absolute atomic E-state index is 0.0619. The molecule has 2 aromatic rings. The third kappa shape index (κ3) is 4.04. The van der Waals surface area contributed by atoms with E-state index in [9.17, 15) is 19.2 Å². The molecule has 2 aliphatic rings. The van der Waals surface area contributed by atoms with E-state index in [1.54, 1.807) is 9.80 Å². The summed E-state index contributed by atoms with van der Waals surface area (Å²) in [4.78, 5) is 54.0. The summed E-state index contributed by atoms with van der Waals surface area (Å²) in [7, 11) is 0. The molecule has 0 aliphatic carbocycles. The fraction of sp³-hybridized carbons (Fsp3) is 0.417. The second-order valence-corrected chi connectivity index (χ2v) is 8.52. The molecular formula is C24H28N4O4. The summed E-state index contributed by atoms with van der Waals surface area (Å²) in [6.07, 6.45) is 0.348. The molecule has 4 amide bonds. The van der Waals surface area contributed by atoms with Gasteiger partial charge in [0.1, 0.15) is 6.54 Å². The second kappa shape index (κ2) is 8.61. The van der Waals surface area contributed by atoms with E-state index in [-0.39, 0.29) is 43.0 Å². The lowest BCUT2D eigenvalue weighted by Gasteiger charge is -2.35. The minimum atomic E-state index is -0.292. The largest absolute Gasteiger partial charge is 0.338 e. The number of hydrogen-bond donors (Lipinski definition) is 0. The second-order valence-electron chi connectivity index (χ2n) is 8.52. The van der Waals surface area contributed by atoms with Crippen LogP contribution in [0.25, 0.3) is 5.69 Å². The Labute approximate surface area is 187 Å². The number of aryl methyl sites for hydroxylation is 3. The number of aromatic nitrogens is 1. The van der Waals surface area contributed by atoms with Gasteiger partial charge in [0.2, 0.25) is 17.7 Å². The van der Waals surface area contributed by atoms with Crippen LogP contribution in [0.1, 0.15) is 40.2 Å². The van der Waals surface area contributed by atoms with Crippen molar-refractivity contribution in [3.8, 4) is 5.69 Å². The van der Waals surface area contributed by atoms with Gasteiger partial charge in [0.15, 0.2) is 0 Å². The number of amides is 4. The molecule has 3 heterocycles. The van der Waals surface area contributed by atoms with Crippen LogP contribution in [0.2, 0.25) is 0 Å². The van der Waals surface area contributed by atoms with E-state index in [1.165, 1.54) is 0 Å². The van der Waals surface area contributed by atoms with Crippen molar-refractivity contribution >= 4 is 23.6 Å². The molecule has 0 bridgehead atoms. The molecule has 0 N–H and O–H groups in total. The van der Waals surface area contributed by atoms with Gasteiger partial charge in [0, 0.05) is 50.4 Å². The summed E-state index contributed by atoms with van der Waals surface area (Å²) in [5.41, 5.74) is 4.61. The Kier molecular flexibility index (Phi) is 5.86. The predicted octanol–water partition coefficient (Wildman–Crippen LogP) is 1.84. The first-order chi connectivity index (χ1) is 15.3. The number of benzene rings is 1. The Hall–Kier alpha value is -3.42. The monoisotopic (exact) mass is 436 g/mol. The van der Waals surface area contributed by atoms with E-state index in [0.29, 0.717) is 31.7 Å². The zero-order valence-corrected chi connectivity index (χ0v) is 18.8. The molecule has 4 rings (SSSR count). The number of piperazine rings is 1. The van der Waals surface area contributed by atoms with Crippen molar-refractivity contribution < 1.29 is 19.2 Å². The molecule has 0 atom stereocenters. The van der Waals surface area contributed by atoms with Crippen LogP contribution in [-0.4, -0.2) is 75.6 Å². The van der Waals surface area contributed by atoms with Gasteiger partial charge in [-0.3, -0.25) is 24.1 Å². The van der Waals surface area contributed by atoms with Gasteiger partial charge in [-0.25, -0.2) is 0 Å². The summed E-state index contributed by atoms with van der Waals surface area (Å²) in [5, 5.41) is 0. The standard InChI is InChI=1S/C24H28N4O4/c1-16-4-7-20(28-17(2)5-6-18(28)3)19(14-16)24(32)26-12-10-25(11-13-26)23(31)15-27-21(29)8-9-22(27)30/h4-7,14H,8-13,15H2,1-3H3. The first kappa shape index (κ1) is 21.8. The first-order valence-electron chi connectivity index (χ1n) is 10.9. The van der Waals surface area contributed by atoms with Crippen LogP contribution in [0.3, 0.4) is 0 Å². The average Bonchev–Trinajstić information content (AvgIpc) is 3.28. The Bertz CT molecular complexity index is 1060. The fourth-order valence-electron chi connectivity index (χ4n) is 4.43. The highest BCUT2D eigenvalue weighted by atomic mass is 16.2. The van der Waals surface area contributed by atoms with Crippen LogP contribution >= 0.6 is 0 Å². The van der Waals surface area contributed by atoms with E-state index in [0.717, 1.165) is 27.5 Å². The zero-order valence-electron chi connectivity index (χ0n) is 18.8. The van der Waals surface area contributed by atoms with E-state index in [4.69, 9.17) is 0 Å². The van der Waals surface area contributed by atoms with Crippen molar-refractivity contribution in [2.45, 2.75) is 33.6 Å². The van der Waals surface area contributed by atoms with Crippen LogP contribution in [0.4, 0.5) is 0 Å². The SMILES string of the molecule is Cc1ccc(-n2c(C)ccc2C)c(C(=O)N2CCN(C(=O)CN3C(=O)CCC3=O)CC2)c1. The van der Waals surface area contributed by atoms with E-state index >= 15 is 0 Å². The van der Waals surface area contributed by atoms with Crippen molar-refractivity contribution in [1.82, 2.24) is 19.3 Å².